The van der Waals surface area contributed by atoms with Crippen LogP contribution in [0.3, 0.4) is 0 Å². The van der Waals surface area contributed by atoms with Crippen molar-refractivity contribution in [2.45, 2.75) is 90.7 Å². The predicted molar refractivity (Wildman–Crippen MR) is 183 cm³/mol. The summed E-state index contributed by atoms with van der Waals surface area (Å²) in [6.45, 7) is 13.7. The Hall–Kier alpha value is -3.38. The van der Waals surface area contributed by atoms with Crippen molar-refractivity contribution in [3.05, 3.63) is 58.3 Å². The van der Waals surface area contributed by atoms with E-state index >= 15 is 0 Å². The summed E-state index contributed by atoms with van der Waals surface area (Å²) >= 11 is 14.0. The molecule has 13 heteroatoms. The van der Waals surface area contributed by atoms with Gasteiger partial charge < -0.3 is 29.0 Å². The Morgan fingerprint density at radius 1 is 1.04 bits per heavy atom. The van der Waals surface area contributed by atoms with Gasteiger partial charge in [0.2, 0.25) is 11.8 Å². The lowest BCUT2D eigenvalue weighted by Gasteiger charge is -2.32. The summed E-state index contributed by atoms with van der Waals surface area (Å²) in [5.41, 5.74) is 1.91. The summed E-state index contributed by atoms with van der Waals surface area (Å²) in [6.07, 6.45) is 2.11. The molecule has 2 aromatic carbocycles. The molecule has 0 bridgehead atoms. The Kier molecular flexibility index (Phi) is 9.86. The lowest BCUT2D eigenvalue weighted by atomic mass is 9.77. The molecule has 2 aliphatic heterocycles. The van der Waals surface area contributed by atoms with E-state index in [9.17, 15) is 9.59 Å². The summed E-state index contributed by atoms with van der Waals surface area (Å²) in [4.78, 5) is 35.9. The zero-order chi connectivity index (χ0) is 34.3. The molecule has 0 radical (unpaired) electrons. The van der Waals surface area contributed by atoms with Crippen molar-refractivity contribution in [2.24, 2.45) is 0 Å². The van der Waals surface area contributed by atoms with E-state index in [1.54, 1.807) is 27.0 Å². The maximum atomic E-state index is 13.2. The summed E-state index contributed by atoms with van der Waals surface area (Å²) in [7, 11) is 0.855. The summed E-state index contributed by atoms with van der Waals surface area (Å²) in [6, 6.07) is 11.1. The van der Waals surface area contributed by atoms with E-state index in [4.69, 9.17) is 47.0 Å². The van der Waals surface area contributed by atoms with Crippen LogP contribution in [0, 0.1) is 0 Å². The number of hydrogen-bond donors (Lipinski definition) is 1. The molecule has 2 amide bonds. The van der Waals surface area contributed by atoms with Gasteiger partial charge in [-0.15, -0.1) is 0 Å². The third-order valence-corrected chi connectivity index (χ3v) is 9.45. The molecule has 47 heavy (non-hydrogen) atoms. The molecule has 3 heterocycles. The fraction of sp³-hybridized carbons (Fsp3) is 0.471. The summed E-state index contributed by atoms with van der Waals surface area (Å²) < 4.78 is 23.8. The molecule has 0 aliphatic carbocycles. The molecule has 0 unspecified atom stereocenters. The second-order valence-corrected chi connectivity index (χ2v) is 14.6. The first kappa shape index (κ1) is 34.9. The average Bonchev–Trinajstić information content (AvgIpc) is 3.49. The maximum Gasteiger partial charge on any atom is 0.496 e. The van der Waals surface area contributed by atoms with Crippen LogP contribution in [0.25, 0.3) is 22.4 Å². The first-order chi connectivity index (χ1) is 22.0. The normalized spacial score (nSPS) is 18.6. The molecule has 250 valence electrons. The molecular weight excluding hydrogens is 642 g/mol. The standard InChI is InChI=1S/C34H41BCl2N4O6/c1-32(2,3)45-31(43)41(18-20-15-16-27(42)39-20)19-26-30(44-8)40-25(17-38-26)23-13-9-11-21(28(23)36)22-12-10-14-24(29(22)37)35-46-33(4,5)34(6,7)47-35/h9-14,17,20H,15-16,18-19H2,1-8H3,(H,39,42)/t20-/m0/s1. The predicted octanol–water partition coefficient (Wildman–Crippen LogP) is 6.44. The highest BCUT2D eigenvalue weighted by atomic mass is 35.5. The van der Waals surface area contributed by atoms with E-state index < -0.39 is 30.0 Å². The van der Waals surface area contributed by atoms with Crippen LogP contribution in [-0.2, 0) is 25.4 Å². The summed E-state index contributed by atoms with van der Waals surface area (Å²) in [5, 5.41) is 3.81. The fourth-order valence-corrected chi connectivity index (χ4v) is 6.08. The van der Waals surface area contributed by atoms with Crippen LogP contribution in [0.5, 0.6) is 5.88 Å². The van der Waals surface area contributed by atoms with Gasteiger partial charge in [-0.25, -0.2) is 9.78 Å². The van der Waals surface area contributed by atoms with Gasteiger partial charge in [0, 0.05) is 46.2 Å². The molecule has 1 aromatic heterocycles. The third-order valence-electron chi connectivity index (χ3n) is 8.62. The monoisotopic (exact) mass is 682 g/mol. The molecule has 0 saturated carbocycles. The molecule has 2 aliphatic rings. The number of amides is 2. The third kappa shape index (κ3) is 7.53. The van der Waals surface area contributed by atoms with Crippen molar-refractivity contribution in [3.8, 4) is 28.3 Å². The minimum atomic E-state index is -0.706. The number of nitrogens with zero attached hydrogens (tertiary/aromatic N) is 3. The minimum Gasteiger partial charge on any atom is -0.480 e. The van der Waals surface area contributed by atoms with Gasteiger partial charge in [-0.05, 0) is 54.9 Å². The Labute approximate surface area is 286 Å². The van der Waals surface area contributed by atoms with Gasteiger partial charge in [0.25, 0.3) is 0 Å². The number of halogens is 2. The van der Waals surface area contributed by atoms with E-state index in [2.05, 4.69) is 10.3 Å². The second kappa shape index (κ2) is 13.3. The minimum absolute atomic E-state index is 0.0407. The van der Waals surface area contributed by atoms with Gasteiger partial charge in [0.1, 0.15) is 11.3 Å². The number of rotatable bonds is 8. The Bertz CT molecular complexity index is 1660. The first-order valence-corrected chi connectivity index (χ1v) is 16.4. The molecule has 0 spiro atoms. The van der Waals surface area contributed by atoms with Crippen LogP contribution in [0.1, 0.15) is 67.0 Å². The van der Waals surface area contributed by atoms with E-state index in [-0.39, 0.29) is 30.9 Å². The number of methoxy groups -OCH3 is 1. The average molecular weight is 683 g/mol. The van der Waals surface area contributed by atoms with Crippen LogP contribution in [0.2, 0.25) is 10.0 Å². The highest BCUT2D eigenvalue weighted by Crippen LogP contribution is 2.41. The Morgan fingerprint density at radius 3 is 2.26 bits per heavy atom. The van der Waals surface area contributed by atoms with E-state index in [1.807, 2.05) is 64.1 Å². The molecule has 5 rings (SSSR count). The van der Waals surface area contributed by atoms with Gasteiger partial charge in [-0.1, -0.05) is 59.6 Å². The van der Waals surface area contributed by atoms with Gasteiger partial charge in [-0.2, -0.15) is 0 Å². The van der Waals surface area contributed by atoms with E-state index in [0.29, 0.717) is 56.4 Å². The summed E-state index contributed by atoms with van der Waals surface area (Å²) in [5.74, 6) is 0.190. The zero-order valence-corrected chi connectivity index (χ0v) is 29.6. The molecule has 1 N–H and O–H groups in total. The van der Waals surface area contributed by atoms with E-state index in [1.165, 1.54) is 12.0 Å². The highest BCUT2D eigenvalue weighted by molar-refractivity contribution is 6.66. The van der Waals surface area contributed by atoms with Crippen molar-refractivity contribution in [1.29, 1.82) is 0 Å². The van der Waals surface area contributed by atoms with Gasteiger partial charge in [0.05, 0.1) is 41.8 Å². The van der Waals surface area contributed by atoms with Crippen LogP contribution < -0.4 is 15.5 Å². The van der Waals surface area contributed by atoms with Crippen molar-refractivity contribution in [2.75, 3.05) is 13.7 Å². The zero-order valence-electron chi connectivity index (χ0n) is 28.1. The van der Waals surface area contributed by atoms with Crippen molar-refractivity contribution in [3.63, 3.8) is 0 Å². The molecule has 2 fully saturated rings. The number of ether oxygens (including phenoxy) is 2. The quantitative estimate of drug-likeness (QED) is 0.270. The van der Waals surface area contributed by atoms with Crippen LogP contribution >= 0.6 is 23.2 Å². The van der Waals surface area contributed by atoms with Crippen molar-refractivity contribution < 1.29 is 28.4 Å². The van der Waals surface area contributed by atoms with Gasteiger partial charge in [-0.3, -0.25) is 9.78 Å². The van der Waals surface area contributed by atoms with Gasteiger partial charge in [0.15, 0.2) is 0 Å². The number of nitrogens with one attached hydrogen (secondary N) is 1. The molecule has 1 atom stereocenters. The Morgan fingerprint density at radius 2 is 1.66 bits per heavy atom. The molecule has 3 aromatic rings. The van der Waals surface area contributed by atoms with Crippen LogP contribution in [-0.4, -0.2) is 70.5 Å². The molecular formula is C34H41BCl2N4O6. The number of benzene rings is 2. The highest BCUT2D eigenvalue weighted by Gasteiger charge is 2.52. The Balaban J connectivity index is 1.44. The van der Waals surface area contributed by atoms with Gasteiger partial charge >= 0.3 is 13.2 Å². The first-order valence-electron chi connectivity index (χ1n) is 15.6. The smallest absolute Gasteiger partial charge is 0.480 e. The van der Waals surface area contributed by atoms with Crippen LogP contribution in [0.15, 0.2) is 42.6 Å². The topological polar surface area (TPSA) is 112 Å². The van der Waals surface area contributed by atoms with Crippen LogP contribution in [0.4, 0.5) is 4.79 Å². The van der Waals surface area contributed by atoms with Crippen molar-refractivity contribution >= 4 is 47.8 Å². The molecule has 10 nitrogen and oxygen atoms in total. The number of carbonyl (C=O) groups is 2. The van der Waals surface area contributed by atoms with E-state index in [0.717, 1.165) is 0 Å². The SMILES string of the molecule is COc1nc(-c2cccc(-c3cccc(B4OC(C)(C)C(C)(C)O4)c3Cl)c2Cl)cnc1CN(C[C@@H]1CCC(=O)N1)C(=O)OC(C)(C)C. The lowest BCUT2D eigenvalue weighted by Crippen LogP contribution is -2.44. The number of hydrogen-bond acceptors (Lipinski definition) is 8. The number of aromatic nitrogens is 2. The maximum absolute atomic E-state index is 13.2. The second-order valence-electron chi connectivity index (χ2n) is 13.8. The fourth-order valence-electron chi connectivity index (χ4n) is 5.44. The largest absolute Gasteiger partial charge is 0.496 e. The lowest BCUT2D eigenvalue weighted by molar-refractivity contribution is -0.119. The number of carbonyl (C=O) groups excluding carboxylic acids is 2. The molecule has 2 saturated heterocycles. The van der Waals surface area contributed by atoms with Crippen molar-refractivity contribution in [1.82, 2.24) is 20.2 Å².